The lowest BCUT2D eigenvalue weighted by Gasteiger charge is -2.20. The van der Waals surface area contributed by atoms with Crippen LogP contribution in [0.15, 0.2) is 60.7 Å². The molecule has 0 aromatic heterocycles. The Hall–Kier alpha value is -3.16. The van der Waals surface area contributed by atoms with Crippen molar-refractivity contribution in [2.24, 2.45) is 5.92 Å². The molecule has 206 valence electrons. The number of phenolic OH excluding ortho intramolecular Hbond substituents is 1. The predicted octanol–water partition coefficient (Wildman–Crippen LogP) is 9.16. The third kappa shape index (κ3) is 7.92. The number of fused-ring (bicyclic) bond motifs is 1. The maximum Gasteiger partial charge on any atom is 0.453 e. The first kappa shape index (κ1) is 29.4. The van der Waals surface area contributed by atoms with Crippen molar-refractivity contribution >= 4 is 16.7 Å². The topological polar surface area (TPSA) is 57.5 Å². The number of benzene rings is 3. The largest absolute Gasteiger partial charge is 0.508 e. The Morgan fingerprint density at radius 1 is 0.763 bits per heavy atom. The number of carbonyl (C=O) groups is 1. The Morgan fingerprint density at radius 3 is 2.08 bits per heavy atom. The minimum atomic E-state index is -5.61. The highest BCUT2D eigenvalue weighted by Gasteiger charge is 2.56. The average molecular weight is 537 g/mol. The van der Waals surface area contributed by atoms with Crippen LogP contribution in [0.2, 0.25) is 0 Å². The van der Waals surface area contributed by atoms with Gasteiger partial charge in [0.05, 0.1) is 5.92 Å². The standard InChI is InChI=1S/C30H33F5O3/c31-29(32,30(33,34)35)20-8-11-23(28(37)38)10-4-2-1-3-5-13-27-25-12-7-6-9-21(25)16-19-26(27)22-14-17-24(36)18-15-22/h6-7,9,12,14-19,23,36H,1-5,8,10-11,13,20H2,(H,37,38). The van der Waals surface area contributed by atoms with Gasteiger partial charge < -0.3 is 10.2 Å². The molecule has 38 heavy (non-hydrogen) atoms. The van der Waals surface area contributed by atoms with Gasteiger partial charge in [0.1, 0.15) is 5.75 Å². The normalized spacial score (nSPS) is 13.1. The molecule has 0 bridgehead atoms. The number of hydrogen-bond donors (Lipinski definition) is 2. The van der Waals surface area contributed by atoms with Gasteiger partial charge in [-0.05, 0) is 71.7 Å². The molecule has 0 saturated heterocycles. The van der Waals surface area contributed by atoms with Crippen LogP contribution in [-0.2, 0) is 11.2 Å². The number of rotatable bonds is 14. The van der Waals surface area contributed by atoms with E-state index in [1.807, 2.05) is 24.3 Å². The van der Waals surface area contributed by atoms with Crippen molar-refractivity contribution in [2.45, 2.75) is 76.3 Å². The van der Waals surface area contributed by atoms with E-state index in [0.717, 1.165) is 48.6 Å². The monoisotopic (exact) mass is 536 g/mol. The van der Waals surface area contributed by atoms with Crippen molar-refractivity contribution in [3.8, 4) is 16.9 Å². The van der Waals surface area contributed by atoms with Crippen LogP contribution in [0, 0.1) is 5.92 Å². The van der Waals surface area contributed by atoms with Crippen LogP contribution in [0.3, 0.4) is 0 Å². The van der Waals surface area contributed by atoms with E-state index in [0.29, 0.717) is 6.42 Å². The number of phenols is 1. The van der Waals surface area contributed by atoms with Crippen LogP contribution < -0.4 is 0 Å². The van der Waals surface area contributed by atoms with Crippen LogP contribution in [0.1, 0.15) is 63.4 Å². The zero-order valence-corrected chi connectivity index (χ0v) is 21.1. The van der Waals surface area contributed by atoms with E-state index < -0.39 is 36.8 Å². The molecule has 3 nitrogen and oxygen atoms in total. The van der Waals surface area contributed by atoms with Crippen LogP contribution in [-0.4, -0.2) is 28.3 Å². The smallest absolute Gasteiger partial charge is 0.453 e. The van der Waals surface area contributed by atoms with Crippen molar-refractivity contribution in [2.75, 3.05) is 0 Å². The molecular formula is C30H33F5O3. The maximum atomic E-state index is 13.1. The minimum absolute atomic E-state index is 0.192. The molecule has 0 radical (unpaired) electrons. The van der Waals surface area contributed by atoms with Gasteiger partial charge in [-0.15, -0.1) is 0 Å². The number of aryl methyl sites for hydroxylation is 1. The predicted molar refractivity (Wildman–Crippen MR) is 138 cm³/mol. The van der Waals surface area contributed by atoms with Gasteiger partial charge in [-0.1, -0.05) is 74.2 Å². The second kappa shape index (κ2) is 13.1. The summed E-state index contributed by atoms with van der Waals surface area (Å²) in [7, 11) is 0. The van der Waals surface area contributed by atoms with E-state index in [9.17, 15) is 37.0 Å². The Balaban J connectivity index is 1.48. The fourth-order valence-corrected chi connectivity index (χ4v) is 4.84. The summed E-state index contributed by atoms with van der Waals surface area (Å²) in [5.74, 6) is -6.65. The first-order chi connectivity index (χ1) is 18.0. The van der Waals surface area contributed by atoms with Gasteiger partial charge in [0.2, 0.25) is 0 Å². The van der Waals surface area contributed by atoms with E-state index in [1.54, 1.807) is 12.1 Å². The van der Waals surface area contributed by atoms with Gasteiger partial charge in [-0.2, -0.15) is 22.0 Å². The highest BCUT2D eigenvalue weighted by atomic mass is 19.4. The molecule has 0 aliphatic carbocycles. The molecule has 8 heteroatoms. The summed E-state index contributed by atoms with van der Waals surface area (Å²) >= 11 is 0. The summed E-state index contributed by atoms with van der Waals surface area (Å²) in [5.41, 5.74) is 3.37. The van der Waals surface area contributed by atoms with Gasteiger partial charge in [-0.25, -0.2) is 0 Å². The SMILES string of the molecule is O=C(O)C(CCCCCCCc1c(-c2ccc(O)cc2)ccc2ccccc12)CCCC(F)(F)C(F)(F)F. The number of halogens is 5. The molecule has 0 aliphatic heterocycles. The van der Waals surface area contributed by atoms with Crippen LogP contribution in [0.5, 0.6) is 5.75 Å². The Kier molecular flexibility index (Phi) is 10.1. The van der Waals surface area contributed by atoms with Crippen molar-refractivity contribution < 1.29 is 37.0 Å². The second-order valence-corrected chi connectivity index (χ2v) is 9.80. The molecule has 0 spiro atoms. The van der Waals surface area contributed by atoms with E-state index in [4.69, 9.17) is 0 Å². The van der Waals surface area contributed by atoms with Gasteiger partial charge in [0.25, 0.3) is 0 Å². The molecule has 1 unspecified atom stereocenters. The van der Waals surface area contributed by atoms with Crippen molar-refractivity contribution in [1.29, 1.82) is 0 Å². The third-order valence-corrected chi connectivity index (χ3v) is 7.01. The molecular weight excluding hydrogens is 503 g/mol. The fraction of sp³-hybridized carbons (Fsp3) is 0.433. The maximum absolute atomic E-state index is 13.1. The van der Waals surface area contributed by atoms with Gasteiger partial charge >= 0.3 is 18.1 Å². The summed E-state index contributed by atoms with van der Waals surface area (Å²) in [4.78, 5) is 11.4. The first-order valence-corrected chi connectivity index (χ1v) is 13.0. The zero-order valence-electron chi connectivity index (χ0n) is 21.1. The molecule has 1 atom stereocenters. The third-order valence-electron chi connectivity index (χ3n) is 7.01. The Morgan fingerprint density at radius 2 is 1.39 bits per heavy atom. The Labute approximate surface area is 219 Å². The minimum Gasteiger partial charge on any atom is -0.508 e. The molecule has 3 aromatic rings. The number of aromatic hydroxyl groups is 1. The molecule has 0 saturated carbocycles. The summed E-state index contributed by atoms with van der Waals surface area (Å²) in [5, 5.41) is 21.3. The molecule has 3 aromatic carbocycles. The zero-order chi connectivity index (χ0) is 27.8. The van der Waals surface area contributed by atoms with Gasteiger partial charge in [-0.3, -0.25) is 4.79 Å². The number of unbranched alkanes of at least 4 members (excludes halogenated alkanes) is 4. The quantitative estimate of drug-likeness (QED) is 0.160. The van der Waals surface area contributed by atoms with E-state index in [2.05, 4.69) is 24.3 Å². The van der Waals surface area contributed by atoms with Crippen molar-refractivity contribution in [3.63, 3.8) is 0 Å². The number of alkyl halides is 5. The van der Waals surface area contributed by atoms with E-state index in [1.165, 1.54) is 10.9 Å². The van der Waals surface area contributed by atoms with E-state index >= 15 is 0 Å². The lowest BCUT2D eigenvalue weighted by Crippen LogP contribution is -2.36. The van der Waals surface area contributed by atoms with Gasteiger partial charge in [0.15, 0.2) is 0 Å². The van der Waals surface area contributed by atoms with Crippen LogP contribution in [0.25, 0.3) is 21.9 Å². The summed E-state index contributed by atoms with van der Waals surface area (Å²) in [6.07, 6.45) is -2.49. The molecule has 0 aliphatic rings. The lowest BCUT2D eigenvalue weighted by atomic mass is 9.90. The van der Waals surface area contributed by atoms with Crippen molar-refractivity contribution in [3.05, 3.63) is 66.2 Å². The number of hydrogen-bond acceptors (Lipinski definition) is 2. The number of aliphatic carboxylic acids is 1. The second-order valence-electron chi connectivity index (χ2n) is 9.80. The molecule has 0 amide bonds. The Bertz CT molecular complexity index is 1190. The molecule has 3 rings (SSSR count). The van der Waals surface area contributed by atoms with Crippen molar-refractivity contribution in [1.82, 2.24) is 0 Å². The average Bonchev–Trinajstić information content (AvgIpc) is 2.86. The molecule has 0 heterocycles. The number of carboxylic acids is 1. The first-order valence-electron chi connectivity index (χ1n) is 13.0. The summed E-state index contributed by atoms with van der Waals surface area (Å²) in [6, 6.07) is 19.5. The lowest BCUT2D eigenvalue weighted by molar-refractivity contribution is -0.284. The highest BCUT2D eigenvalue weighted by Crippen LogP contribution is 2.39. The van der Waals surface area contributed by atoms with E-state index in [-0.39, 0.29) is 18.6 Å². The molecule has 2 N–H and O–H groups in total. The molecule has 0 fully saturated rings. The number of carboxylic acid groups (broad SMARTS) is 1. The van der Waals surface area contributed by atoms with Crippen LogP contribution >= 0.6 is 0 Å². The summed E-state index contributed by atoms with van der Waals surface area (Å²) < 4.78 is 63.0. The van der Waals surface area contributed by atoms with Gasteiger partial charge in [0, 0.05) is 6.42 Å². The fourth-order valence-electron chi connectivity index (χ4n) is 4.84. The highest BCUT2D eigenvalue weighted by molar-refractivity contribution is 5.91. The summed E-state index contributed by atoms with van der Waals surface area (Å²) in [6.45, 7) is 0. The van der Waals surface area contributed by atoms with Crippen LogP contribution in [0.4, 0.5) is 22.0 Å².